The number of nitrogens with zero attached hydrogens (tertiary/aromatic N) is 4. The molecule has 0 atom stereocenters. The smallest absolute Gasteiger partial charge is 0.240 e. The van der Waals surface area contributed by atoms with E-state index in [-0.39, 0.29) is 17.0 Å². The molecule has 0 saturated heterocycles. The van der Waals surface area contributed by atoms with Crippen molar-refractivity contribution < 1.29 is 8.42 Å². The van der Waals surface area contributed by atoms with Crippen LogP contribution in [0.1, 0.15) is 45.0 Å². The highest BCUT2D eigenvalue weighted by Gasteiger charge is 2.24. The van der Waals surface area contributed by atoms with Crippen molar-refractivity contribution in [2.24, 2.45) is 0 Å². The third kappa shape index (κ3) is 4.22. The number of hydrogen-bond acceptors (Lipinski definition) is 6. The maximum absolute atomic E-state index is 12.4. The van der Waals surface area contributed by atoms with Crippen LogP contribution >= 0.6 is 0 Å². The maximum atomic E-state index is 12.4. The first-order chi connectivity index (χ1) is 14.3. The van der Waals surface area contributed by atoms with Crippen molar-refractivity contribution in [2.45, 2.75) is 57.0 Å². The van der Waals surface area contributed by atoms with Gasteiger partial charge >= 0.3 is 0 Å². The number of imidazole rings is 1. The number of aryl methyl sites for hydroxylation is 1. The summed E-state index contributed by atoms with van der Waals surface area (Å²) < 4.78 is 29.7. The molecule has 2 aromatic heterocycles. The first-order valence-corrected chi connectivity index (χ1v) is 11.6. The second-order valence-corrected chi connectivity index (χ2v) is 9.53. The minimum Gasteiger partial charge on any atom is -0.324 e. The van der Waals surface area contributed by atoms with Gasteiger partial charge in [0.05, 0.1) is 22.5 Å². The van der Waals surface area contributed by atoms with Crippen LogP contribution in [0.2, 0.25) is 0 Å². The number of rotatable bonds is 7. The molecule has 0 spiro atoms. The Hall–Kier alpha value is -2.78. The largest absolute Gasteiger partial charge is 0.324 e. The Morgan fingerprint density at radius 1 is 1.10 bits per heavy atom. The topological polar surface area (TPSA) is 102 Å². The Bertz CT molecular complexity index is 1130. The molecule has 4 rings (SSSR count). The van der Waals surface area contributed by atoms with Gasteiger partial charge in [-0.2, -0.15) is 0 Å². The number of sulfonamides is 1. The second-order valence-electron chi connectivity index (χ2n) is 7.82. The highest BCUT2D eigenvalue weighted by Crippen LogP contribution is 2.25. The lowest BCUT2D eigenvalue weighted by atomic mass is 9.94. The van der Waals surface area contributed by atoms with Crippen LogP contribution in [0.5, 0.6) is 0 Å². The van der Waals surface area contributed by atoms with Crippen LogP contribution in [0.15, 0.2) is 47.6 Å². The van der Waals surface area contributed by atoms with Crippen LogP contribution < -0.4 is 10.0 Å². The average molecular weight is 427 g/mol. The van der Waals surface area contributed by atoms with Crippen LogP contribution in [0, 0.1) is 6.92 Å². The summed E-state index contributed by atoms with van der Waals surface area (Å²) in [4.78, 5) is 13.6. The standard InChI is InChI=1S/C21H26N6O2S/c1-14(2)27-15(3)23-13-20(27)19-11-12-22-21(25-19)24-16-7-9-18(10-8-16)30(28,29)26-17-5-4-6-17/h7-14,17,26H,4-6H2,1-3H3,(H,22,24,25). The van der Waals surface area contributed by atoms with Gasteiger partial charge in [0.15, 0.2) is 0 Å². The summed E-state index contributed by atoms with van der Waals surface area (Å²) in [6, 6.07) is 8.78. The zero-order valence-corrected chi connectivity index (χ0v) is 18.1. The van der Waals surface area contributed by atoms with Crippen LogP contribution in [0.25, 0.3) is 11.4 Å². The maximum Gasteiger partial charge on any atom is 0.240 e. The minimum atomic E-state index is -3.48. The number of hydrogen-bond donors (Lipinski definition) is 2. The quantitative estimate of drug-likeness (QED) is 0.596. The molecule has 2 N–H and O–H groups in total. The van der Waals surface area contributed by atoms with Crippen molar-refractivity contribution >= 4 is 21.7 Å². The molecule has 1 saturated carbocycles. The molecule has 8 nitrogen and oxygen atoms in total. The number of nitrogens with one attached hydrogen (secondary N) is 2. The van der Waals surface area contributed by atoms with E-state index in [1.807, 2.05) is 19.2 Å². The van der Waals surface area contributed by atoms with Crippen LogP contribution in [-0.2, 0) is 10.0 Å². The van der Waals surface area contributed by atoms with Crippen LogP contribution in [0.3, 0.4) is 0 Å². The molecular weight excluding hydrogens is 400 g/mol. The molecule has 9 heteroatoms. The molecule has 30 heavy (non-hydrogen) atoms. The highest BCUT2D eigenvalue weighted by molar-refractivity contribution is 7.89. The molecule has 3 aromatic rings. The van der Waals surface area contributed by atoms with Crippen LogP contribution in [0.4, 0.5) is 11.6 Å². The summed E-state index contributed by atoms with van der Waals surface area (Å²) in [5, 5.41) is 3.14. The molecule has 0 amide bonds. The molecule has 1 aromatic carbocycles. The van der Waals surface area contributed by atoms with E-state index in [2.05, 4.69) is 43.4 Å². The fraction of sp³-hybridized carbons (Fsp3) is 0.381. The van der Waals surface area contributed by atoms with E-state index in [0.29, 0.717) is 11.6 Å². The summed E-state index contributed by atoms with van der Waals surface area (Å²) in [5.41, 5.74) is 2.41. The van der Waals surface area contributed by atoms with Crippen molar-refractivity contribution in [3.8, 4) is 11.4 Å². The van der Waals surface area contributed by atoms with E-state index in [0.717, 1.165) is 36.5 Å². The summed E-state index contributed by atoms with van der Waals surface area (Å²) in [7, 11) is -3.48. The van der Waals surface area contributed by atoms with E-state index in [1.54, 1.807) is 30.5 Å². The number of anilines is 2. The third-order valence-electron chi connectivity index (χ3n) is 5.26. The normalized spacial score (nSPS) is 14.7. The summed E-state index contributed by atoms with van der Waals surface area (Å²) >= 11 is 0. The summed E-state index contributed by atoms with van der Waals surface area (Å²) in [5.74, 6) is 1.37. The fourth-order valence-corrected chi connectivity index (χ4v) is 4.82. The average Bonchev–Trinajstić information content (AvgIpc) is 3.07. The molecule has 0 aliphatic heterocycles. The molecule has 1 aliphatic rings. The van der Waals surface area contributed by atoms with E-state index in [1.165, 1.54) is 0 Å². The Kier molecular flexibility index (Phi) is 5.57. The van der Waals surface area contributed by atoms with Gasteiger partial charge in [0.1, 0.15) is 5.82 Å². The van der Waals surface area contributed by atoms with Gasteiger partial charge in [-0.1, -0.05) is 6.42 Å². The molecule has 0 unspecified atom stereocenters. The lowest BCUT2D eigenvalue weighted by Gasteiger charge is -2.26. The first kappa shape index (κ1) is 20.5. The first-order valence-electron chi connectivity index (χ1n) is 10.1. The Morgan fingerprint density at radius 2 is 1.83 bits per heavy atom. The molecule has 2 heterocycles. The van der Waals surface area contributed by atoms with E-state index in [9.17, 15) is 8.42 Å². The van der Waals surface area contributed by atoms with E-state index in [4.69, 9.17) is 0 Å². The second kappa shape index (κ2) is 8.16. The number of aromatic nitrogens is 4. The van der Waals surface area contributed by atoms with Gasteiger partial charge in [-0.15, -0.1) is 0 Å². The lowest BCUT2D eigenvalue weighted by molar-refractivity contribution is 0.383. The van der Waals surface area contributed by atoms with Crippen molar-refractivity contribution in [3.63, 3.8) is 0 Å². The van der Waals surface area contributed by atoms with Gasteiger partial charge in [-0.25, -0.2) is 28.1 Å². The van der Waals surface area contributed by atoms with E-state index < -0.39 is 10.0 Å². The molecule has 0 bridgehead atoms. The Balaban J connectivity index is 1.52. The van der Waals surface area contributed by atoms with Gasteiger partial charge in [-0.05, 0) is 63.9 Å². The van der Waals surface area contributed by atoms with Crippen molar-refractivity contribution in [2.75, 3.05) is 5.32 Å². The predicted molar refractivity (Wildman–Crippen MR) is 116 cm³/mol. The van der Waals surface area contributed by atoms with Crippen molar-refractivity contribution in [1.29, 1.82) is 0 Å². The fourth-order valence-electron chi connectivity index (χ4n) is 3.52. The Morgan fingerprint density at radius 3 is 2.47 bits per heavy atom. The minimum absolute atomic E-state index is 0.0619. The van der Waals surface area contributed by atoms with Crippen LogP contribution in [-0.4, -0.2) is 34.0 Å². The Labute approximate surface area is 176 Å². The third-order valence-corrected chi connectivity index (χ3v) is 6.80. The molecule has 1 fully saturated rings. The molecular formula is C21H26N6O2S. The lowest BCUT2D eigenvalue weighted by Crippen LogP contribution is -2.39. The zero-order chi connectivity index (χ0) is 21.3. The summed E-state index contributed by atoms with van der Waals surface area (Å²) in [6.45, 7) is 6.18. The van der Waals surface area contributed by atoms with Gasteiger partial charge in [0.25, 0.3) is 0 Å². The van der Waals surface area contributed by atoms with E-state index >= 15 is 0 Å². The predicted octanol–water partition coefficient (Wildman–Crippen LogP) is 3.80. The van der Waals surface area contributed by atoms with Gasteiger partial charge < -0.3 is 9.88 Å². The van der Waals surface area contributed by atoms with Gasteiger partial charge in [-0.3, -0.25) is 0 Å². The van der Waals surface area contributed by atoms with Gasteiger partial charge in [0.2, 0.25) is 16.0 Å². The highest BCUT2D eigenvalue weighted by atomic mass is 32.2. The number of benzene rings is 1. The molecule has 0 radical (unpaired) electrons. The summed E-state index contributed by atoms with van der Waals surface area (Å²) in [6.07, 6.45) is 6.39. The SMILES string of the molecule is Cc1ncc(-c2ccnc(Nc3ccc(S(=O)(=O)NC4CCC4)cc3)n2)n1C(C)C. The monoisotopic (exact) mass is 426 g/mol. The van der Waals surface area contributed by atoms with Crippen molar-refractivity contribution in [3.05, 3.63) is 48.5 Å². The zero-order valence-electron chi connectivity index (χ0n) is 17.3. The van der Waals surface area contributed by atoms with Gasteiger partial charge in [0, 0.05) is 24.0 Å². The van der Waals surface area contributed by atoms with Crippen molar-refractivity contribution in [1.82, 2.24) is 24.2 Å². The molecule has 1 aliphatic carbocycles. The molecule has 158 valence electrons.